The zero-order valence-corrected chi connectivity index (χ0v) is 20.6. The van der Waals surface area contributed by atoms with Gasteiger partial charge in [0, 0.05) is 31.0 Å². The second-order valence-corrected chi connectivity index (χ2v) is 9.97. The number of nitrogens with one attached hydrogen (secondary N) is 2. The SMILES string of the molecule is COc1ccc(-c2cc(N[C@H](C)C(=O)Nc3cccc(S(=O)(=O)N(C)C)c3)ccc2OC)cc1. The Kier molecular flexibility index (Phi) is 7.80. The summed E-state index contributed by atoms with van der Waals surface area (Å²) < 4.78 is 36.6. The van der Waals surface area contributed by atoms with Crippen LogP contribution < -0.4 is 20.1 Å². The van der Waals surface area contributed by atoms with Gasteiger partial charge >= 0.3 is 0 Å². The van der Waals surface area contributed by atoms with Crippen molar-refractivity contribution in [1.82, 2.24) is 4.31 Å². The van der Waals surface area contributed by atoms with Crippen LogP contribution in [0.1, 0.15) is 6.92 Å². The summed E-state index contributed by atoms with van der Waals surface area (Å²) in [4.78, 5) is 12.9. The fourth-order valence-corrected chi connectivity index (χ4v) is 4.25. The molecule has 2 N–H and O–H groups in total. The third kappa shape index (κ3) is 5.67. The average molecular weight is 484 g/mol. The molecule has 0 unspecified atom stereocenters. The lowest BCUT2D eigenvalue weighted by atomic mass is 10.0. The highest BCUT2D eigenvalue weighted by Gasteiger charge is 2.19. The molecule has 1 amide bonds. The van der Waals surface area contributed by atoms with Gasteiger partial charge in [-0.1, -0.05) is 18.2 Å². The van der Waals surface area contributed by atoms with Crippen LogP contribution in [-0.4, -0.2) is 53.0 Å². The van der Waals surface area contributed by atoms with Crippen LogP contribution in [0.15, 0.2) is 71.6 Å². The van der Waals surface area contributed by atoms with E-state index in [1.807, 2.05) is 42.5 Å². The molecule has 0 saturated heterocycles. The number of anilines is 2. The molecular weight excluding hydrogens is 454 g/mol. The summed E-state index contributed by atoms with van der Waals surface area (Å²) in [6.07, 6.45) is 0. The molecule has 3 aromatic rings. The summed E-state index contributed by atoms with van der Waals surface area (Å²) in [6, 6.07) is 18.8. The Labute approximate surface area is 200 Å². The van der Waals surface area contributed by atoms with Gasteiger partial charge in [-0.2, -0.15) is 0 Å². The van der Waals surface area contributed by atoms with E-state index < -0.39 is 16.1 Å². The molecule has 3 aromatic carbocycles. The lowest BCUT2D eigenvalue weighted by Crippen LogP contribution is -2.32. The Morgan fingerprint density at radius 1 is 0.912 bits per heavy atom. The van der Waals surface area contributed by atoms with Crippen molar-refractivity contribution in [3.63, 3.8) is 0 Å². The maximum absolute atomic E-state index is 12.8. The molecule has 0 fully saturated rings. The molecule has 0 aliphatic carbocycles. The number of benzene rings is 3. The quantitative estimate of drug-likeness (QED) is 0.476. The second-order valence-electron chi connectivity index (χ2n) is 7.81. The minimum Gasteiger partial charge on any atom is -0.497 e. The standard InChI is InChI=1S/C25H29N3O5S/c1-17(25(29)27-19-7-6-8-22(15-19)34(30,31)28(2)3)26-20-11-14-24(33-5)23(16-20)18-9-12-21(32-4)13-10-18/h6-17,26H,1-5H3,(H,27,29)/t17-/m1/s1. The third-order valence-corrected chi connectivity index (χ3v) is 7.07. The Morgan fingerprint density at radius 2 is 1.62 bits per heavy atom. The van der Waals surface area contributed by atoms with Crippen LogP contribution in [0.5, 0.6) is 11.5 Å². The van der Waals surface area contributed by atoms with Crippen molar-refractivity contribution in [3.8, 4) is 22.6 Å². The monoisotopic (exact) mass is 483 g/mol. The fourth-order valence-electron chi connectivity index (χ4n) is 3.31. The lowest BCUT2D eigenvalue weighted by Gasteiger charge is -2.18. The Balaban J connectivity index is 1.76. The van der Waals surface area contributed by atoms with Gasteiger partial charge in [-0.25, -0.2) is 12.7 Å². The number of sulfonamides is 1. The van der Waals surface area contributed by atoms with Crippen LogP contribution in [0.3, 0.4) is 0 Å². The summed E-state index contributed by atoms with van der Waals surface area (Å²) >= 11 is 0. The Bertz CT molecular complexity index is 1260. The van der Waals surface area contributed by atoms with Crippen molar-refractivity contribution in [3.05, 3.63) is 66.7 Å². The van der Waals surface area contributed by atoms with Crippen molar-refractivity contribution in [2.24, 2.45) is 0 Å². The number of hydrogen-bond donors (Lipinski definition) is 2. The summed E-state index contributed by atoms with van der Waals surface area (Å²) in [5.74, 6) is 1.15. The first-order chi connectivity index (χ1) is 16.1. The first-order valence-electron chi connectivity index (χ1n) is 10.6. The van der Waals surface area contributed by atoms with Crippen molar-refractivity contribution >= 4 is 27.3 Å². The van der Waals surface area contributed by atoms with E-state index in [2.05, 4.69) is 10.6 Å². The predicted molar refractivity (Wildman–Crippen MR) is 134 cm³/mol. The first-order valence-corrected chi connectivity index (χ1v) is 12.0. The van der Waals surface area contributed by atoms with Crippen LogP contribution in [-0.2, 0) is 14.8 Å². The van der Waals surface area contributed by atoms with E-state index in [1.165, 1.54) is 26.2 Å². The van der Waals surface area contributed by atoms with Crippen molar-refractivity contribution in [1.29, 1.82) is 0 Å². The molecule has 3 rings (SSSR count). The molecule has 0 radical (unpaired) electrons. The molecule has 34 heavy (non-hydrogen) atoms. The summed E-state index contributed by atoms with van der Waals surface area (Å²) in [5, 5.41) is 5.96. The lowest BCUT2D eigenvalue weighted by molar-refractivity contribution is -0.116. The molecule has 0 spiro atoms. The molecule has 0 aliphatic rings. The molecule has 0 saturated carbocycles. The molecule has 0 aliphatic heterocycles. The van der Waals surface area contributed by atoms with Crippen molar-refractivity contribution in [2.45, 2.75) is 17.9 Å². The molecule has 0 heterocycles. The number of hydrogen-bond acceptors (Lipinski definition) is 6. The van der Waals surface area contributed by atoms with Gasteiger partial charge < -0.3 is 20.1 Å². The average Bonchev–Trinajstić information content (AvgIpc) is 2.84. The minimum absolute atomic E-state index is 0.107. The number of carbonyl (C=O) groups excluding carboxylic acids is 1. The Hall–Kier alpha value is -3.56. The molecule has 0 bridgehead atoms. The maximum atomic E-state index is 12.8. The number of amides is 1. The van der Waals surface area contributed by atoms with Gasteiger partial charge in [0.15, 0.2) is 0 Å². The van der Waals surface area contributed by atoms with E-state index in [0.29, 0.717) is 11.4 Å². The van der Waals surface area contributed by atoms with Crippen LogP contribution in [0.2, 0.25) is 0 Å². The van der Waals surface area contributed by atoms with Gasteiger partial charge in [0.1, 0.15) is 17.5 Å². The number of nitrogens with zero attached hydrogens (tertiary/aromatic N) is 1. The van der Waals surface area contributed by atoms with Crippen LogP contribution in [0.4, 0.5) is 11.4 Å². The number of ether oxygens (including phenoxy) is 2. The number of methoxy groups -OCH3 is 2. The van der Waals surface area contributed by atoms with Gasteiger partial charge in [-0.3, -0.25) is 4.79 Å². The predicted octanol–water partition coefficient (Wildman–Crippen LogP) is 4.06. The van der Waals surface area contributed by atoms with E-state index in [-0.39, 0.29) is 10.8 Å². The van der Waals surface area contributed by atoms with E-state index in [1.54, 1.807) is 33.3 Å². The van der Waals surface area contributed by atoms with Crippen molar-refractivity contribution in [2.75, 3.05) is 38.9 Å². The molecule has 180 valence electrons. The second kappa shape index (κ2) is 10.6. The van der Waals surface area contributed by atoms with E-state index >= 15 is 0 Å². The smallest absolute Gasteiger partial charge is 0.246 e. The first kappa shape index (κ1) is 25.1. The maximum Gasteiger partial charge on any atom is 0.246 e. The fraction of sp³-hybridized carbons (Fsp3) is 0.240. The summed E-state index contributed by atoms with van der Waals surface area (Å²) in [6.45, 7) is 1.73. The highest BCUT2D eigenvalue weighted by molar-refractivity contribution is 7.89. The van der Waals surface area contributed by atoms with E-state index in [4.69, 9.17) is 9.47 Å². The van der Waals surface area contributed by atoms with Gasteiger partial charge in [0.05, 0.1) is 19.1 Å². The van der Waals surface area contributed by atoms with Gasteiger partial charge in [-0.15, -0.1) is 0 Å². The third-order valence-electron chi connectivity index (χ3n) is 5.26. The van der Waals surface area contributed by atoms with E-state index in [9.17, 15) is 13.2 Å². The molecule has 0 aromatic heterocycles. The largest absolute Gasteiger partial charge is 0.497 e. The molecular formula is C25H29N3O5S. The number of rotatable bonds is 9. The summed E-state index contributed by atoms with van der Waals surface area (Å²) in [7, 11) is 2.54. The van der Waals surface area contributed by atoms with Gasteiger partial charge in [-0.05, 0) is 61.0 Å². The van der Waals surface area contributed by atoms with Gasteiger partial charge in [0.2, 0.25) is 15.9 Å². The Morgan fingerprint density at radius 3 is 2.24 bits per heavy atom. The van der Waals surface area contributed by atoms with Crippen molar-refractivity contribution < 1.29 is 22.7 Å². The summed E-state index contributed by atoms with van der Waals surface area (Å²) in [5.41, 5.74) is 2.94. The van der Waals surface area contributed by atoms with Crippen LogP contribution >= 0.6 is 0 Å². The number of carbonyl (C=O) groups is 1. The molecule has 9 heteroatoms. The van der Waals surface area contributed by atoms with Gasteiger partial charge in [0.25, 0.3) is 0 Å². The molecule has 1 atom stereocenters. The topological polar surface area (TPSA) is 97.0 Å². The minimum atomic E-state index is -3.60. The van der Waals surface area contributed by atoms with Crippen LogP contribution in [0, 0.1) is 0 Å². The molecule has 8 nitrogen and oxygen atoms in total. The zero-order valence-electron chi connectivity index (χ0n) is 19.8. The zero-order chi connectivity index (χ0) is 24.9. The van der Waals surface area contributed by atoms with Crippen LogP contribution in [0.25, 0.3) is 11.1 Å². The highest BCUT2D eigenvalue weighted by Crippen LogP contribution is 2.33. The van der Waals surface area contributed by atoms with E-state index in [0.717, 1.165) is 26.9 Å². The highest BCUT2D eigenvalue weighted by atomic mass is 32.2. The normalized spacial score (nSPS) is 12.2.